The molecule has 0 radical (unpaired) electrons. The standard InChI is InChI=1S/C25H25ClN4O2S/c26-20-6-8-22(9-7-20)32-15-14-28-10-12-29(13-11-28)17-21-16-24(31)30-23(18-33-25(30)27-21)19-4-2-1-3-5-19/h1-9,16,18H,10-15,17H2. The first kappa shape index (κ1) is 22.1. The first-order valence-corrected chi connectivity index (χ1v) is 12.3. The summed E-state index contributed by atoms with van der Waals surface area (Å²) in [5.74, 6) is 0.842. The zero-order valence-electron chi connectivity index (χ0n) is 18.2. The molecule has 170 valence electrons. The number of benzene rings is 2. The van der Waals surface area contributed by atoms with E-state index in [1.165, 1.54) is 11.3 Å². The molecule has 0 aliphatic carbocycles. The second-order valence-corrected chi connectivity index (χ2v) is 9.38. The molecule has 0 unspecified atom stereocenters. The van der Waals surface area contributed by atoms with Gasteiger partial charge in [-0.2, -0.15) is 0 Å². The predicted octanol–water partition coefficient (Wildman–Crippen LogP) is 4.27. The van der Waals surface area contributed by atoms with Gasteiger partial charge in [0.05, 0.1) is 11.4 Å². The van der Waals surface area contributed by atoms with Crippen LogP contribution in [0.5, 0.6) is 5.75 Å². The lowest BCUT2D eigenvalue weighted by molar-refractivity contribution is 0.111. The maximum absolute atomic E-state index is 12.9. The lowest BCUT2D eigenvalue weighted by Gasteiger charge is -2.34. The molecule has 2 aromatic carbocycles. The minimum atomic E-state index is -0.0203. The Hall–Kier alpha value is -2.71. The van der Waals surface area contributed by atoms with Crippen LogP contribution in [0, 0.1) is 0 Å². The van der Waals surface area contributed by atoms with Gasteiger partial charge in [-0.25, -0.2) is 4.98 Å². The molecule has 1 fully saturated rings. The third-order valence-electron chi connectivity index (χ3n) is 5.87. The van der Waals surface area contributed by atoms with Gasteiger partial charge in [-0.1, -0.05) is 41.9 Å². The molecule has 1 saturated heterocycles. The van der Waals surface area contributed by atoms with Crippen molar-refractivity contribution in [3.63, 3.8) is 0 Å². The van der Waals surface area contributed by atoms with E-state index < -0.39 is 0 Å². The second-order valence-electron chi connectivity index (χ2n) is 8.11. The Bertz CT molecular complexity index is 1270. The molecule has 0 atom stereocenters. The Morgan fingerprint density at radius 2 is 1.70 bits per heavy atom. The smallest absolute Gasteiger partial charge is 0.259 e. The second kappa shape index (κ2) is 10.1. The Labute approximate surface area is 201 Å². The van der Waals surface area contributed by atoms with Gasteiger partial charge < -0.3 is 4.74 Å². The summed E-state index contributed by atoms with van der Waals surface area (Å²) in [4.78, 5) is 23.2. The van der Waals surface area contributed by atoms with Gasteiger partial charge in [0.25, 0.3) is 5.56 Å². The maximum atomic E-state index is 12.9. The number of hydrogen-bond acceptors (Lipinski definition) is 6. The van der Waals surface area contributed by atoms with Crippen molar-refractivity contribution in [2.45, 2.75) is 6.54 Å². The Kier molecular flexibility index (Phi) is 6.73. The van der Waals surface area contributed by atoms with Crippen LogP contribution in [0.15, 0.2) is 70.8 Å². The molecule has 33 heavy (non-hydrogen) atoms. The number of fused-ring (bicyclic) bond motifs is 1. The van der Waals surface area contributed by atoms with Crippen molar-refractivity contribution in [3.05, 3.63) is 87.1 Å². The van der Waals surface area contributed by atoms with Crippen LogP contribution in [0.25, 0.3) is 16.2 Å². The van der Waals surface area contributed by atoms with Crippen LogP contribution in [0.1, 0.15) is 5.69 Å². The predicted molar refractivity (Wildman–Crippen MR) is 133 cm³/mol. The van der Waals surface area contributed by atoms with Crippen LogP contribution in [-0.2, 0) is 6.54 Å². The van der Waals surface area contributed by atoms with E-state index in [-0.39, 0.29) is 5.56 Å². The summed E-state index contributed by atoms with van der Waals surface area (Å²) >= 11 is 7.42. The molecule has 3 heterocycles. The fourth-order valence-electron chi connectivity index (χ4n) is 4.08. The molecule has 5 rings (SSSR count). The van der Waals surface area contributed by atoms with Crippen molar-refractivity contribution >= 4 is 27.9 Å². The Morgan fingerprint density at radius 3 is 2.45 bits per heavy atom. The number of aromatic nitrogens is 2. The van der Waals surface area contributed by atoms with Crippen molar-refractivity contribution in [3.8, 4) is 17.0 Å². The number of ether oxygens (including phenoxy) is 1. The summed E-state index contributed by atoms with van der Waals surface area (Å²) in [6, 6.07) is 19.1. The molecule has 0 amide bonds. The minimum absolute atomic E-state index is 0.0203. The molecular weight excluding hydrogens is 456 g/mol. The topological polar surface area (TPSA) is 50.1 Å². The van der Waals surface area contributed by atoms with Gasteiger partial charge in [0.15, 0.2) is 4.96 Å². The highest BCUT2D eigenvalue weighted by Crippen LogP contribution is 2.24. The maximum Gasteiger partial charge on any atom is 0.259 e. The summed E-state index contributed by atoms with van der Waals surface area (Å²) in [6.07, 6.45) is 0. The van der Waals surface area contributed by atoms with Gasteiger partial charge in [-0.3, -0.25) is 19.0 Å². The third-order valence-corrected chi connectivity index (χ3v) is 6.95. The average molecular weight is 481 g/mol. The lowest BCUT2D eigenvalue weighted by Crippen LogP contribution is -2.47. The molecule has 6 nitrogen and oxygen atoms in total. The van der Waals surface area contributed by atoms with Gasteiger partial charge in [0, 0.05) is 55.7 Å². The Morgan fingerprint density at radius 1 is 0.970 bits per heavy atom. The molecule has 4 aromatic rings. The van der Waals surface area contributed by atoms with Gasteiger partial charge >= 0.3 is 0 Å². The van der Waals surface area contributed by atoms with E-state index in [4.69, 9.17) is 21.3 Å². The molecule has 8 heteroatoms. The summed E-state index contributed by atoms with van der Waals surface area (Å²) in [7, 11) is 0. The van der Waals surface area contributed by atoms with Crippen molar-refractivity contribution in [2.75, 3.05) is 39.3 Å². The summed E-state index contributed by atoms with van der Waals surface area (Å²) in [5, 5.41) is 2.72. The first-order chi connectivity index (χ1) is 16.2. The summed E-state index contributed by atoms with van der Waals surface area (Å²) in [6.45, 7) is 6.08. The highest BCUT2D eigenvalue weighted by atomic mass is 35.5. The van der Waals surface area contributed by atoms with Crippen LogP contribution in [0.4, 0.5) is 0 Å². The van der Waals surface area contributed by atoms with E-state index in [0.717, 1.165) is 60.4 Å². The number of hydrogen-bond donors (Lipinski definition) is 0. The van der Waals surface area contributed by atoms with E-state index in [1.54, 1.807) is 10.5 Å². The van der Waals surface area contributed by atoms with Crippen molar-refractivity contribution in [1.82, 2.24) is 19.2 Å². The molecular formula is C25H25ClN4O2S. The van der Waals surface area contributed by atoms with Gasteiger partial charge in [-0.15, -0.1) is 11.3 Å². The number of thiazole rings is 1. The fraction of sp³-hybridized carbons (Fsp3) is 0.280. The highest BCUT2D eigenvalue weighted by molar-refractivity contribution is 7.15. The summed E-state index contributed by atoms with van der Waals surface area (Å²) in [5.41, 5.74) is 2.74. The zero-order chi connectivity index (χ0) is 22.6. The average Bonchev–Trinajstić information content (AvgIpc) is 3.27. The largest absolute Gasteiger partial charge is 0.492 e. The first-order valence-electron chi connectivity index (χ1n) is 11.0. The van der Waals surface area contributed by atoms with Crippen LogP contribution < -0.4 is 10.3 Å². The zero-order valence-corrected chi connectivity index (χ0v) is 19.8. The molecule has 0 bridgehead atoms. The van der Waals surface area contributed by atoms with Crippen LogP contribution in [0.3, 0.4) is 0 Å². The molecule has 0 spiro atoms. The van der Waals surface area contributed by atoms with Crippen LogP contribution in [0.2, 0.25) is 5.02 Å². The number of halogens is 1. The van der Waals surface area contributed by atoms with E-state index in [2.05, 4.69) is 9.80 Å². The minimum Gasteiger partial charge on any atom is -0.492 e. The summed E-state index contributed by atoms with van der Waals surface area (Å²) < 4.78 is 7.52. The lowest BCUT2D eigenvalue weighted by atomic mass is 10.2. The SMILES string of the molecule is O=c1cc(CN2CCN(CCOc3ccc(Cl)cc3)CC2)nc2scc(-c3ccccc3)n12. The number of rotatable bonds is 7. The quantitative estimate of drug-likeness (QED) is 0.395. The van der Waals surface area contributed by atoms with Crippen molar-refractivity contribution < 1.29 is 4.74 Å². The fourth-order valence-corrected chi connectivity index (χ4v) is 5.13. The third kappa shape index (κ3) is 5.28. The van der Waals surface area contributed by atoms with Crippen LogP contribution in [-0.4, -0.2) is 58.5 Å². The van der Waals surface area contributed by atoms with Gasteiger partial charge in [0.2, 0.25) is 0 Å². The molecule has 0 N–H and O–H groups in total. The van der Waals surface area contributed by atoms with Crippen molar-refractivity contribution in [2.24, 2.45) is 0 Å². The number of nitrogens with zero attached hydrogens (tertiary/aromatic N) is 4. The highest BCUT2D eigenvalue weighted by Gasteiger charge is 2.18. The molecule has 0 saturated carbocycles. The van der Waals surface area contributed by atoms with Crippen LogP contribution >= 0.6 is 22.9 Å². The van der Waals surface area contributed by atoms with Crippen molar-refractivity contribution in [1.29, 1.82) is 0 Å². The van der Waals surface area contributed by atoms with E-state index in [9.17, 15) is 4.79 Å². The number of piperazine rings is 1. The molecule has 1 aliphatic heterocycles. The van der Waals surface area contributed by atoms with Gasteiger partial charge in [-0.05, 0) is 29.8 Å². The normalized spacial score (nSPS) is 15.2. The molecule has 2 aromatic heterocycles. The Balaban J connectivity index is 1.16. The monoisotopic (exact) mass is 480 g/mol. The van der Waals surface area contributed by atoms with E-state index in [1.807, 2.05) is 60.0 Å². The molecule has 1 aliphatic rings. The van der Waals surface area contributed by atoms with Gasteiger partial charge in [0.1, 0.15) is 12.4 Å². The van der Waals surface area contributed by atoms with E-state index >= 15 is 0 Å². The van der Waals surface area contributed by atoms with E-state index in [0.29, 0.717) is 18.2 Å².